The lowest BCUT2D eigenvalue weighted by Gasteiger charge is -2.24. The van der Waals surface area contributed by atoms with Crippen LogP contribution in [0.4, 0.5) is 26.5 Å². The number of nitrogens with one attached hydrogen (secondary N) is 2. The molecule has 0 saturated carbocycles. The van der Waals surface area contributed by atoms with E-state index in [2.05, 4.69) is 20.7 Å². The Morgan fingerprint density at radius 3 is 2.61 bits per heavy atom. The molecule has 0 saturated heterocycles. The number of carbonyl (C=O) groups is 2. The smallest absolute Gasteiger partial charge is 0.412 e. The van der Waals surface area contributed by atoms with Gasteiger partial charge in [0.25, 0.3) is 0 Å². The van der Waals surface area contributed by atoms with E-state index in [4.69, 9.17) is 9.47 Å². The monoisotopic (exact) mass is 498 g/mol. The van der Waals surface area contributed by atoms with Gasteiger partial charge in [0.2, 0.25) is 5.91 Å². The average Bonchev–Trinajstić information content (AvgIpc) is 3.07. The lowest BCUT2D eigenvalue weighted by molar-refractivity contribution is -0.133. The molecule has 11 heteroatoms. The topological polar surface area (TPSA) is 111 Å². The molecule has 2 amide bonds. The SMILES string of the molecule is COc1cc2cc(Nc3cc4n(n3)CC(=O)N(C(C)C)CC4)ncc2c(NC(=O)OC(C)(C)C)c1F. The van der Waals surface area contributed by atoms with Crippen molar-refractivity contribution < 1.29 is 23.5 Å². The van der Waals surface area contributed by atoms with Crippen LogP contribution in [0, 0.1) is 5.82 Å². The summed E-state index contributed by atoms with van der Waals surface area (Å²) < 4.78 is 27.2. The van der Waals surface area contributed by atoms with E-state index < -0.39 is 17.5 Å². The van der Waals surface area contributed by atoms with Crippen molar-refractivity contribution in [2.75, 3.05) is 24.3 Å². The van der Waals surface area contributed by atoms with Gasteiger partial charge in [0.15, 0.2) is 17.4 Å². The summed E-state index contributed by atoms with van der Waals surface area (Å²) in [6, 6.07) is 5.26. The molecule has 0 atom stereocenters. The summed E-state index contributed by atoms with van der Waals surface area (Å²) in [6.45, 7) is 9.97. The van der Waals surface area contributed by atoms with E-state index in [0.717, 1.165) is 5.69 Å². The van der Waals surface area contributed by atoms with Gasteiger partial charge in [-0.15, -0.1) is 0 Å². The number of rotatable bonds is 5. The van der Waals surface area contributed by atoms with Gasteiger partial charge in [-0.3, -0.25) is 14.8 Å². The molecule has 1 aliphatic rings. The maximum atomic E-state index is 15.0. The third-order valence-electron chi connectivity index (χ3n) is 5.73. The number of ether oxygens (including phenoxy) is 2. The maximum absolute atomic E-state index is 15.0. The van der Waals surface area contributed by atoms with Gasteiger partial charge in [-0.05, 0) is 52.1 Å². The highest BCUT2D eigenvalue weighted by Crippen LogP contribution is 2.35. The lowest BCUT2D eigenvalue weighted by atomic mass is 10.1. The highest BCUT2D eigenvalue weighted by Gasteiger charge is 2.24. The van der Waals surface area contributed by atoms with Gasteiger partial charge < -0.3 is 19.7 Å². The number of amides is 2. The molecule has 3 heterocycles. The predicted molar refractivity (Wildman–Crippen MR) is 134 cm³/mol. The molecule has 2 aromatic heterocycles. The summed E-state index contributed by atoms with van der Waals surface area (Å²) in [5.74, 6) is 0.275. The Hall–Kier alpha value is -3.89. The number of pyridine rings is 1. The number of carbonyl (C=O) groups excluding carboxylic acids is 2. The molecule has 0 aliphatic carbocycles. The van der Waals surface area contributed by atoms with Crippen molar-refractivity contribution in [3.8, 4) is 5.75 Å². The number of aromatic nitrogens is 3. The minimum Gasteiger partial charge on any atom is -0.494 e. The largest absolute Gasteiger partial charge is 0.494 e. The average molecular weight is 499 g/mol. The zero-order valence-electron chi connectivity index (χ0n) is 21.3. The molecule has 0 spiro atoms. The van der Waals surface area contributed by atoms with Crippen molar-refractivity contribution in [2.45, 2.75) is 59.2 Å². The first kappa shape index (κ1) is 25.2. The number of halogens is 1. The molecule has 192 valence electrons. The molecule has 3 aromatic rings. The van der Waals surface area contributed by atoms with Crippen LogP contribution in [-0.4, -0.2) is 57.0 Å². The minimum atomic E-state index is -0.789. The van der Waals surface area contributed by atoms with E-state index in [0.29, 0.717) is 35.4 Å². The summed E-state index contributed by atoms with van der Waals surface area (Å²) in [5.41, 5.74) is 0.118. The van der Waals surface area contributed by atoms with Crippen LogP contribution < -0.4 is 15.4 Å². The predicted octanol–water partition coefficient (Wildman–Crippen LogP) is 4.46. The minimum absolute atomic E-state index is 0.0290. The maximum Gasteiger partial charge on any atom is 0.412 e. The lowest BCUT2D eigenvalue weighted by Crippen LogP contribution is -2.38. The fourth-order valence-electron chi connectivity index (χ4n) is 4.10. The van der Waals surface area contributed by atoms with Crippen molar-refractivity contribution in [1.82, 2.24) is 19.7 Å². The Balaban J connectivity index is 1.61. The Bertz CT molecular complexity index is 1310. The van der Waals surface area contributed by atoms with Crippen molar-refractivity contribution in [2.24, 2.45) is 0 Å². The van der Waals surface area contributed by atoms with Gasteiger partial charge in [0.05, 0.1) is 12.8 Å². The summed E-state index contributed by atoms with van der Waals surface area (Å²) in [5, 5.41) is 11.1. The summed E-state index contributed by atoms with van der Waals surface area (Å²) in [6.07, 6.45) is 1.36. The van der Waals surface area contributed by atoms with Crippen molar-refractivity contribution in [1.29, 1.82) is 0 Å². The molecule has 4 rings (SSSR count). The second kappa shape index (κ2) is 9.63. The van der Waals surface area contributed by atoms with E-state index in [-0.39, 0.29) is 29.9 Å². The van der Waals surface area contributed by atoms with Crippen molar-refractivity contribution >= 4 is 40.1 Å². The molecule has 10 nitrogen and oxygen atoms in total. The third-order valence-corrected chi connectivity index (χ3v) is 5.73. The van der Waals surface area contributed by atoms with Crippen LogP contribution in [0.2, 0.25) is 0 Å². The fourth-order valence-corrected chi connectivity index (χ4v) is 4.10. The Labute approximate surface area is 208 Å². The van der Waals surface area contributed by atoms with Crippen molar-refractivity contribution in [3.63, 3.8) is 0 Å². The van der Waals surface area contributed by atoms with Crippen LogP contribution in [-0.2, 0) is 22.5 Å². The quantitative estimate of drug-likeness (QED) is 0.534. The van der Waals surface area contributed by atoms with Gasteiger partial charge in [-0.2, -0.15) is 5.10 Å². The highest BCUT2D eigenvalue weighted by molar-refractivity contribution is 6.02. The van der Waals surface area contributed by atoms with Crippen LogP contribution >= 0.6 is 0 Å². The number of fused-ring (bicyclic) bond motifs is 2. The fraction of sp³-hybridized carbons (Fsp3) is 0.440. The molecule has 0 radical (unpaired) electrons. The molecule has 2 N–H and O–H groups in total. The first-order valence-electron chi connectivity index (χ1n) is 11.7. The molecular weight excluding hydrogens is 467 g/mol. The van der Waals surface area contributed by atoms with E-state index in [1.54, 1.807) is 31.5 Å². The van der Waals surface area contributed by atoms with Gasteiger partial charge in [0.1, 0.15) is 18.0 Å². The summed E-state index contributed by atoms with van der Waals surface area (Å²) in [4.78, 5) is 31.1. The number of methoxy groups -OCH3 is 1. The van der Waals surface area contributed by atoms with E-state index in [1.807, 2.05) is 24.8 Å². The first-order valence-corrected chi connectivity index (χ1v) is 11.7. The van der Waals surface area contributed by atoms with Crippen LogP contribution in [0.3, 0.4) is 0 Å². The Morgan fingerprint density at radius 1 is 1.19 bits per heavy atom. The van der Waals surface area contributed by atoms with Crippen LogP contribution in [0.25, 0.3) is 10.8 Å². The number of hydrogen-bond acceptors (Lipinski definition) is 7. The molecule has 0 bridgehead atoms. The van der Waals surface area contributed by atoms with Crippen LogP contribution in [0.1, 0.15) is 40.3 Å². The molecular formula is C25H31FN6O4. The van der Waals surface area contributed by atoms with Gasteiger partial charge in [0, 0.05) is 42.4 Å². The summed E-state index contributed by atoms with van der Waals surface area (Å²) in [7, 11) is 1.35. The number of nitrogens with zero attached hydrogens (tertiary/aromatic N) is 4. The van der Waals surface area contributed by atoms with E-state index in [9.17, 15) is 9.59 Å². The molecule has 1 aliphatic heterocycles. The number of anilines is 3. The van der Waals surface area contributed by atoms with E-state index in [1.165, 1.54) is 19.4 Å². The Kier molecular flexibility index (Phi) is 6.75. The van der Waals surface area contributed by atoms with Gasteiger partial charge in [-0.25, -0.2) is 14.2 Å². The number of hydrogen-bond donors (Lipinski definition) is 2. The third kappa shape index (κ3) is 5.34. The van der Waals surface area contributed by atoms with Crippen molar-refractivity contribution in [3.05, 3.63) is 35.9 Å². The van der Waals surface area contributed by atoms with Crippen LogP contribution in [0.5, 0.6) is 5.75 Å². The number of benzene rings is 1. The van der Waals surface area contributed by atoms with Crippen LogP contribution in [0.15, 0.2) is 24.4 Å². The van der Waals surface area contributed by atoms with Gasteiger partial charge in [-0.1, -0.05) is 0 Å². The van der Waals surface area contributed by atoms with Gasteiger partial charge >= 0.3 is 6.09 Å². The zero-order valence-corrected chi connectivity index (χ0v) is 21.3. The van der Waals surface area contributed by atoms with E-state index >= 15 is 4.39 Å². The molecule has 36 heavy (non-hydrogen) atoms. The normalized spacial score (nSPS) is 14.0. The second-order valence-corrected chi connectivity index (χ2v) is 9.92. The molecule has 0 unspecified atom stereocenters. The summed E-state index contributed by atoms with van der Waals surface area (Å²) >= 11 is 0. The standard InChI is InChI=1S/C25H31FN6O4/c1-14(2)31-8-7-16-11-20(30-32(16)13-21(31)33)28-19-10-15-9-18(35-6)22(26)23(17(15)12-27-19)29-24(34)36-25(3,4)5/h9-12,14H,7-8,13H2,1-6H3,(H,29,34)(H,27,28,30). The first-order chi connectivity index (χ1) is 16.9. The molecule has 0 fully saturated rings. The zero-order chi connectivity index (χ0) is 26.2. The molecule has 1 aromatic carbocycles. The second-order valence-electron chi connectivity index (χ2n) is 9.92. The Morgan fingerprint density at radius 2 is 1.94 bits per heavy atom. The highest BCUT2D eigenvalue weighted by atomic mass is 19.1.